The first kappa shape index (κ1) is 18.4. The molecule has 2 amide bonds. The van der Waals surface area contributed by atoms with Gasteiger partial charge in [-0.25, -0.2) is 4.79 Å². The molecule has 1 saturated heterocycles. The second kappa shape index (κ2) is 8.73. The Morgan fingerprint density at radius 1 is 1.09 bits per heavy atom. The molecule has 0 bridgehead atoms. The summed E-state index contributed by atoms with van der Waals surface area (Å²) in [6.45, 7) is 8.90. The number of urea groups is 1. The Kier molecular flexibility index (Phi) is 7.32. The van der Waals surface area contributed by atoms with Crippen molar-refractivity contribution in [2.75, 3.05) is 51.3 Å². The SMILES string of the molecule is CCN(CC)C(=O)N1CCN(c2ccc(OC)cc2)CC1.Cl. The first-order chi connectivity index (χ1) is 10.2. The minimum atomic E-state index is 0. The third-order valence-corrected chi connectivity index (χ3v) is 4.02. The van der Waals surface area contributed by atoms with Crippen LogP contribution < -0.4 is 9.64 Å². The quantitative estimate of drug-likeness (QED) is 0.853. The summed E-state index contributed by atoms with van der Waals surface area (Å²) in [5, 5.41) is 0. The maximum atomic E-state index is 12.3. The van der Waals surface area contributed by atoms with Crippen LogP contribution in [0.3, 0.4) is 0 Å². The van der Waals surface area contributed by atoms with Gasteiger partial charge in [-0.2, -0.15) is 0 Å². The highest BCUT2D eigenvalue weighted by atomic mass is 35.5. The van der Waals surface area contributed by atoms with E-state index < -0.39 is 0 Å². The van der Waals surface area contributed by atoms with Crippen LogP contribution in [0.15, 0.2) is 24.3 Å². The molecule has 1 aliphatic rings. The summed E-state index contributed by atoms with van der Waals surface area (Å²) in [5.74, 6) is 0.870. The van der Waals surface area contributed by atoms with Crippen LogP contribution in [-0.4, -0.2) is 62.2 Å². The van der Waals surface area contributed by atoms with Crippen LogP contribution >= 0.6 is 12.4 Å². The number of halogens is 1. The van der Waals surface area contributed by atoms with Gasteiger partial charge in [0.1, 0.15) is 5.75 Å². The molecule has 1 fully saturated rings. The molecular formula is C16H26ClN3O2. The van der Waals surface area contributed by atoms with Crippen LogP contribution in [0.5, 0.6) is 5.75 Å². The van der Waals surface area contributed by atoms with Gasteiger partial charge in [-0.1, -0.05) is 0 Å². The number of nitrogens with zero attached hydrogens (tertiary/aromatic N) is 3. The Balaban J connectivity index is 0.00000242. The molecule has 1 aliphatic heterocycles. The fourth-order valence-corrected chi connectivity index (χ4v) is 2.64. The van der Waals surface area contributed by atoms with E-state index in [1.165, 1.54) is 5.69 Å². The monoisotopic (exact) mass is 327 g/mol. The molecule has 0 spiro atoms. The largest absolute Gasteiger partial charge is 0.497 e. The third kappa shape index (κ3) is 4.19. The highest BCUT2D eigenvalue weighted by Crippen LogP contribution is 2.20. The van der Waals surface area contributed by atoms with E-state index in [0.29, 0.717) is 0 Å². The van der Waals surface area contributed by atoms with Crippen molar-refractivity contribution < 1.29 is 9.53 Å². The van der Waals surface area contributed by atoms with Gasteiger partial charge in [0.05, 0.1) is 7.11 Å². The Morgan fingerprint density at radius 3 is 2.09 bits per heavy atom. The van der Waals surface area contributed by atoms with Gasteiger partial charge in [0.15, 0.2) is 0 Å². The summed E-state index contributed by atoms with van der Waals surface area (Å²) in [6, 6.07) is 8.25. The molecule has 1 aromatic carbocycles. The van der Waals surface area contributed by atoms with Crippen LogP contribution in [-0.2, 0) is 0 Å². The van der Waals surface area contributed by atoms with Crippen molar-refractivity contribution in [3.8, 4) is 5.75 Å². The number of anilines is 1. The van der Waals surface area contributed by atoms with Crippen LogP contribution in [0.1, 0.15) is 13.8 Å². The van der Waals surface area contributed by atoms with Crippen LogP contribution in [0.2, 0.25) is 0 Å². The average molecular weight is 328 g/mol. The lowest BCUT2D eigenvalue weighted by Gasteiger charge is -2.38. The molecule has 0 unspecified atom stereocenters. The molecule has 0 radical (unpaired) electrons. The Bertz CT molecular complexity index is 455. The van der Waals surface area contributed by atoms with Crippen molar-refractivity contribution in [1.82, 2.24) is 9.80 Å². The molecule has 124 valence electrons. The van der Waals surface area contributed by atoms with Gasteiger partial charge in [0.25, 0.3) is 0 Å². The second-order valence-electron chi connectivity index (χ2n) is 5.13. The zero-order valence-corrected chi connectivity index (χ0v) is 14.4. The van der Waals surface area contributed by atoms with Crippen LogP contribution in [0, 0.1) is 0 Å². The van der Waals surface area contributed by atoms with Crippen molar-refractivity contribution >= 4 is 24.1 Å². The van der Waals surface area contributed by atoms with E-state index >= 15 is 0 Å². The highest BCUT2D eigenvalue weighted by molar-refractivity contribution is 5.85. The summed E-state index contributed by atoms with van der Waals surface area (Å²) in [4.78, 5) is 18.4. The summed E-state index contributed by atoms with van der Waals surface area (Å²) in [5.41, 5.74) is 1.19. The predicted octanol–water partition coefficient (Wildman–Crippen LogP) is 2.70. The maximum Gasteiger partial charge on any atom is 0.320 e. The molecule has 0 N–H and O–H groups in total. The van der Waals surface area contributed by atoms with Gasteiger partial charge in [-0.15, -0.1) is 12.4 Å². The predicted molar refractivity (Wildman–Crippen MR) is 92.3 cm³/mol. The normalized spacial score (nSPS) is 14.3. The standard InChI is InChI=1S/C16H25N3O2.ClH/c1-4-17(5-2)16(20)19-12-10-18(11-13-19)14-6-8-15(21-3)9-7-14;/h6-9H,4-5,10-13H2,1-3H3;1H. The number of amides is 2. The summed E-state index contributed by atoms with van der Waals surface area (Å²) >= 11 is 0. The van der Waals surface area contributed by atoms with Gasteiger partial charge in [0, 0.05) is 45.0 Å². The molecule has 0 saturated carbocycles. The van der Waals surface area contributed by atoms with Crippen LogP contribution in [0.25, 0.3) is 0 Å². The Hall–Kier alpha value is -1.62. The van der Waals surface area contributed by atoms with Crippen molar-refractivity contribution in [1.29, 1.82) is 0 Å². The molecular weight excluding hydrogens is 302 g/mol. The van der Waals surface area contributed by atoms with Crippen LogP contribution in [0.4, 0.5) is 10.5 Å². The van der Waals surface area contributed by atoms with Gasteiger partial charge in [-0.05, 0) is 38.1 Å². The van der Waals surface area contributed by atoms with E-state index in [0.717, 1.165) is 45.0 Å². The number of hydrogen-bond donors (Lipinski definition) is 0. The number of methoxy groups -OCH3 is 1. The molecule has 2 rings (SSSR count). The summed E-state index contributed by atoms with van der Waals surface area (Å²) < 4.78 is 5.18. The fourth-order valence-electron chi connectivity index (χ4n) is 2.64. The number of benzene rings is 1. The molecule has 1 aromatic rings. The van der Waals surface area contributed by atoms with E-state index in [-0.39, 0.29) is 18.4 Å². The third-order valence-electron chi connectivity index (χ3n) is 4.02. The second-order valence-corrected chi connectivity index (χ2v) is 5.13. The zero-order chi connectivity index (χ0) is 15.2. The van der Waals surface area contributed by atoms with Gasteiger partial charge in [-0.3, -0.25) is 0 Å². The number of rotatable bonds is 4. The lowest BCUT2D eigenvalue weighted by atomic mass is 10.2. The van der Waals surface area contributed by atoms with Crippen molar-refractivity contribution in [3.63, 3.8) is 0 Å². The lowest BCUT2D eigenvalue weighted by Crippen LogP contribution is -2.52. The van der Waals surface area contributed by atoms with Crippen molar-refractivity contribution in [3.05, 3.63) is 24.3 Å². The number of hydrogen-bond acceptors (Lipinski definition) is 3. The molecule has 5 nitrogen and oxygen atoms in total. The van der Waals surface area contributed by atoms with Crippen molar-refractivity contribution in [2.24, 2.45) is 0 Å². The Labute approximate surface area is 139 Å². The molecule has 0 aliphatic carbocycles. The summed E-state index contributed by atoms with van der Waals surface area (Å²) in [6.07, 6.45) is 0. The molecule has 0 aromatic heterocycles. The number of ether oxygens (including phenoxy) is 1. The first-order valence-corrected chi connectivity index (χ1v) is 7.62. The minimum absolute atomic E-state index is 0. The van der Waals surface area contributed by atoms with Gasteiger partial charge in [0.2, 0.25) is 0 Å². The lowest BCUT2D eigenvalue weighted by molar-refractivity contribution is 0.154. The number of carbonyl (C=O) groups is 1. The fraction of sp³-hybridized carbons (Fsp3) is 0.562. The minimum Gasteiger partial charge on any atom is -0.497 e. The molecule has 0 atom stereocenters. The first-order valence-electron chi connectivity index (χ1n) is 7.62. The maximum absolute atomic E-state index is 12.3. The summed E-state index contributed by atoms with van der Waals surface area (Å²) in [7, 11) is 1.67. The topological polar surface area (TPSA) is 36.0 Å². The average Bonchev–Trinajstić information content (AvgIpc) is 2.56. The highest BCUT2D eigenvalue weighted by Gasteiger charge is 2.23. The molecule has 22 heavy (non-hydrogen) atoms. The molecule has 6 heteroatoms. The zero-order valence-electron chi connectivity index (χ0n) is 13.6. The van der Waals surface area contributed by atoms with E-state index in [4.69, 9.17) is 4.74 Å². The molecule has 1 heterocycles. The van der Waals surface area contributed by atoms with E-state index in [1.54, 1.807) is 7.11 Å². The van der Waals surface area contributed by atoms with Crippen molar-refractivity contribution in [2.45, 2.75) is 13.8 Å². The smallest absolute Gasteiger partial charge is 0.320 e. The van der Waals surface area contributed by atoms with Gasteiger partial charge < -0.3 is 19.4 Å². The number of carbonyl (C=O) groups excluding carboxylic acids is 1. The van der Waals surface area contributed by atoms with E-state index in [1.807, 2.05) is 35.8 Å². The van der Waals surface area contributed by atoms with E-state index in [9.17, 15) is 4.79 Å². The Morgan fingerprint density at radius 2 is 1.64 bits per heavy atom. The number of piperazine rings is 1. The van der Waals surface area contributed by atoms with E-state index in [2.05, 4.69) is 17.0 Å². The van der Waals surface area contributed by atoms with Gasteiger partial charge >= 0.3 is 6.03 Å².